The molecule has 0 heterocycles. The van der Waals surface area contributed by atoms with Gasteiger partial charge in [-0.25, -0.2) is 0 Å². The summed E-state index contributed by atoms with van der Waals surface area (Å²) >= 11 is 0. The summed E-state index contributed by atoms with van der Waals surface area (Å²) in [6.07, 6.45) is -8.23. The highest BCUT2D eigenvalue weighted by Crippen LogP contribution is 2.37. The smallest absolute Gasteiger partial charge is 0.419 e. The van der Waals surface area contributed by atoms with Crippen LogP contribution in [0.25, 0.3) is 0 Å². The van der Waals surface area contributed by atoms with E-state index >= 15 is 0 Å². The second-order valence-electron chi connectivity index (χ2n) is 8.41. The first-order valence-corrected chi connectivity index (χ1v) is 12.4. The van der Waals surface area contributed by atoms with Crippen LogP contribution in [-0.2, 0) is 34.3 Å². The van der Waals surface area contributed by atoms with Crippen LogP contribution in [0.15, 0.2) is 42.5 Å². The highest BCUT2D eigenvalue weighted by Gasteiger charge is 2.35. The number of benzene rings is 2. The van der Waals surface area contributed by atoms with Crippen LogP contribution < -0.4 is 20.3 Å². The summed E-state index contributed by atoms with van der Waals surface area (Å²) < 4.78 is 99.0. The van der Waals surface area contributed by atoms with Crippen molar-refractivity contribution in [2.75, 3.05) is 13.2 Å². The van der Waals surface area contributed by atoms with Crippen molar-refractivity contribution < 1.29 is 50.0 Å². The van der Waals surface area contributed by atoms with Crippen molar-refractivity contribution in [3.8, 4) is 5.75 Å². The maximum absolute atomic E-state index is 13.6. The van der Waals surface area contributed by atoms with Crippen molar-refractivity contribution in [2.24, 2.45) is 5.73 Å². The van der Waals surface area contributed by atoms with Crippen LogP contribution in [0.2, 0.25) is 0 Å². The largest absolute Gasteiger partial charge is 0.790 e. The van der Waals surface area contributed by atoms with Crippen molar-refractivity contribution in [2.45, 2.75) is 56.9 Å². The summed E-state index contributed by atoms with van der Waals surface area (Å²) in [4.78, 5) is 21.4. The van der Waals surface area contributed by atoms with Gasteiger partial charge in [0.25, 0.3) is 0 Å². The maximum atomic E-state index is 13.6. The third-order valence-corrected chi connectivity index (χ3v) is 6.07. The van der Waals surface area contributed by atoms with Crippen LogP contribution in [0.5, 0.6) is 5.75 Å². The van der Waals surface area contributed by atoms with E-state index in [2.05, 4.69) is 4.52 Å². The molecule has 0 aliphatic heterocycles. The Hall–Kier alpha value is -2.11. The molecule has 0 aromatic heterocycles. The molecule has 2 rings (SSSR count). The number of phosphoric ester groups is 1. The first-order valence-electron chi connectivity index (χ1n) is 11.0. The van der Waals surface area contributed by atoms with Gasteiger partial charge in [-0.2, -0.15) is 26.3 Å². The lowest BCUT2D eigenvalue weighted by molar-refractivity contribution is -0.342. The molecule has 202 valence electrons. The minimum atomic E-state index is -5.24. The molecule has 2 N–H and O–H groups in total. The number of alkyl halides is 6. The average molecular weight is 541 g/mol. The first-order chi connectivity index (χ1) is 16.5. The van der Waals surface area contributed by atoms with Crippen LogP contribution in [0.1, 0.15) is 48.4 Å². The molecule has 6 nitrogen and oxygen atoms in total. The number of hydrogen-bond acceptors (Lipinski definition) is 6. The highest BCUT2D eigenvalue weighted by molar-refractivity contribution is 7.43. The summed E-state index contributed by atoms with van der Waals surface area (Å²) in [6, 6.07) is 8.00. The Morgan fingerprint density at radius 1 is 0.917 bits per heavy atom. The van der Waals surface area contributed by atoms with Crippen molar-refractivity contribution in [3.05, 3.63) is 64.7 Å². The molecular formula is C23H26F6NO5P-2. The van der Waals surface area contributed by atoms with Crippen molar-refractivity contribution >= 4 is 7.82 Å². The van der Waals surface area contributed by atoms with Crippen LogP contribution >= 0.6 is 7.82 Å². The van der Waals surface area contributed by atoms with Crippen molar-refractivity contribution in [1.82, 2.24) is 0 Å². The Balaban J connectivity index is 2.00. The van der Waals surface area contributed by atoms with Gasteiger partial charge in [-0.05, 0) is 67.5 Å². The highest BCUT2D eigenvalue weighted by atomic mass is 31.2. The van der Waals surface area contributed by atoms with Gasteiger partial charge in [0.05, 0.1) is 32.2 Å². The van der Waals surface area contributed by atoms with E-state index in [1.165, 1.54) is 24.3 Å². The molecule has 0 aliphatic rings. The van der Waals surface area contributed by atoms with Gasteiger partial charge in [-0.3, -0.25) is 0 Å². The molecule has 0 saturated heterocycles. The predicted octanol–water partition coefficient (Wildman–Crippen LogP) is 4.62. The van der Waals surface area contributed by atoms with E-state index in [4.69, 9.17) is 10.5 Å². The second kappa shape index (κ2) is 12.0. The van der Waals surface area contributed by atoms with E-state index < -0.39 is 49.2 Å². The zero-order valence-electron chi connectivity index (χ0n) is 19.3. The lowest BCUT2D eigenvalue weighted by atomic mass is 9.90. The number of phosphoric acid groups is 1. The van der Waals surface area contributed by atoms with Gasteiger partial charge in [-0.1, -0.05) is 25.1 Å². The van der Waals surface area contributed by atoms with Crippen LogP contribution in [0.3, 0.4) is 0 Å². The lowest BCUT2D eigenvalue weighted by Crippen LogP contribution is -2.45. The van der Waals surface area contributed by atoms with E-state index in [0.29, 0.717) is 12.0 Å². The zero-order valence-corrected chi connectivity index (χ0v) is 20.2. The summed E-state index contributed by atoms with van der Waals surface area (Å²) in [5.74, 6) is -0.393. The Morgan fingerprint density at radius 3 is 2.06 bits per heavy atom. The van der Waals surface area contributed by atoms with E-state index in [1.54, 1.807) is 6.92 Å². The maximum Gasteiger partial charge on any atom is 0.419 e. The predicted molar refractivity (Wildman–Crippen MR) is 116 cm³/mol. The lowest BCUT2D eigenvalue weighted by Gasteiger charge is -2.35. The Morgan fingerprint density at radius 2 is 1.53 bits per heavy atom. The normalized spacial score (nSPS) is 14.5. The SMILES string of the molecule is CC[C@@](N)(CCc1ccc(OCCCc2ccc(C(F)(F)F)cc2)c(C(F)(F)F)c1)COP(=O)([O-])[O-]. The van der Waals surface area contributed by atoms with E-state index in [9.17, 15) is 40.7 Å². The third kappa shape index (κ3) is 9.74. The van der Waals surface area contributed by atoms with E-state index in [0.717, 1.165) is 18.2 Å². The second-order valence-corrected chi connectivity index (χ2v) is 9.56. The summed E-state index contributed by atoms with van der Waals surface area (Å²) in [6.45, 7) is 0.958. The number of aryl methyl sites for hydroxylation is 2. The molecule has 2 aromatic carbocycles. The molecular weight excluding hydrogens is 515 g/mol. The molecule has 36 heavy (non-hydrogen) atoms. The van der Waals surface area contributed by atoms with Crippen LogP contribution in [0.4, 0.5) is 26.3 Å². The standard InChI is InChI=1S/C23H28F6NO5P/c1-2-21(30,15-35-36(31,32)33)12-11-17-7-10-20(19(14-17)23(27,28)29)34-13-3-4-16-5-8-18(9-6-16)22(24,25)26/h5-10,14H,2-4,11-13,15,30H2,1H3,(H2,31,32,33)/p-2/t21-/m1/s1. The Bertz CT molecular complexity index is 1040. The molecule has 0 spiro atoms. The molecule has 2 aromatic rings. The average Bonchev–Trinajstić information content (AvgIpc) is 2.78. The van der Waals surface area contributed by atoms with Gasteiger partial charge in [0.1, 0.15) is 5.75 Å². The Kier molecular flexibility index (Phi) is 10.0. The van der Waals surface area contributed by atoms with E-state index in [1.807, 2.05) is 0 Å². The molecule has 0 radical (unpaired) electrons. The number of ether oxygens (including phenoxy) is 1. The fraction of sp³-hybridized carbons (Fsp3) is 0.478. The van der Waals surface area contributed by atoms with Gasteiger partial charge in [0.15, 0.2) is 0 Å². The van der Waals surface area contributed by atoms with Crippen LogP contribution in [-0.4, -0.2) is 18.8 Å². The minimum absolute atomic E-state index is 0.0625. The number of rotatable bonds is 12. The van der Waals surface area contributed by atoms with Crippen molar-refractivity contribution in [3.63, 3.8) is 0 Å². The number of nitrogens with two attached hydrogens (primary N) is 1. The number of halogens is 6. The molecule has 1 atom stereocenters. The van der Waals surface area contributed by atoms with E-state index in [-0.39, 0.29) is 37.9 Å². The monoisotopic (exact) mass is 541 g/mol. The summed E-state index contributed by atoms with van der Waals surface area (Å²) in [5, 5.41) is 0. The number of hydrogen-bond donors (Lipinski definition) is 1. The van der Waals surface area contributed by atoms with Crippen molar-refractivity contribution in [1.29, 1.82) is 0 Å². The van der Waals surface area contributed by atoms with Crippen LogP contribution in [0, 0.1) is 0 Å². The molecule has 0 aliphatic carbocycles. The fourth-order valence-corrected chi connectivity index (χ4v) is 3.77. The van der Waals surface area contributed by atoms with Gasteiger partial charge in [0.2, 0.25) is 0 Å². The summed E-state index contributed by atoms with van der Waals surface area (Å²) in [7, 11) is -5.24. The van der Waals surface area contributed by atoms with Gasteiger partial charge < -0.3 is 29.3 Å². The quantitative estimate of drug-likeness (QED) is 0.239. The third-order valence-electron chi connectivity index (χ3n) is 5.62. The van der Waals surface area contributed by atoms with Gasteiger partial charge in [-0.15, -0.1) is 0 Å². The molecule has 0 bridgehead atoms. The molecule has 0 amide bonds. The molecule has 0 saturated carbocycles. The fourth-order valence-electron chi connectivity index (χ4n) is 3.35. The first kappa shape index (κ1) is 30.1. The minimum Gasteiger partial charge on any atom is -0.790 e. The summed E-state index contributed by atoms with van der Waals surface area (Å²) in [5.41, 5.74) is 3.89. The molecule has 0 fully saturated rings. The molecule has 13 heteroatoms. The topological polar surface area (TPSA) is 108 Å². The van der Waals surface area contributed by atoms with Gasteiger partial charge >= 0.3 is 12.4 Å². The Labute approximate surface area is 204 Å². The zero-order chi connectivity index (χ0) is 27.2. The molecule has 0 unspecified atom stereocenters. The van der Waals surface area contributed by atoms with Gasteiger partial charge in [0, 0.05) is 5.54 Å².